The van der Waals surface area contributed by atoms with Crippen LogP contribution in [-0.2, 0) is 16.1 Å². The summed E-state index contributed by atoms with van der Waals surface area (Å²) in [5, 5.41) is 0. The molecule has 2 aromatic rings. The first kappa shape index (κ1) is 16.2. The lowest BCUT2D eigenvalue weighted by Crippen LogP contribution is -2.50. The largest absolute Gasteiger partial charge is 0.451 e. The van der Waals surface area contributed by atoms with Crippen LogP contribution in [0.5, 0.6) is 0 Å². The van der Waals surface area contributed by atoms with Crippen molar-refractivity contribution in [2.24, 2.45) is 0 Å². The molecule has 4 rings (SSSR count). The molecule has 7 heteroatoms. The Morgan fingerprint density at radius 3 is 3.08 bits per heavy atom. The molecule has 132 valence electrons. The lowest BCUT2D eigenvalue weighted by molar-refractivity contribution is -0.0467. The number of amides is 1. The number of ether oxygens (including phenoxy) is 2. The molecular formula is C18H21N3O4. The van der Waals surface area contributed by atoms with Crippen LogP contribution in [0, 0.1) is 0 Å². The molecular weight excluding hydrogens is 322 g/mol. The maximum Gasteiger partial charge on any atom is 0.275 e. The van der Waals surface area contributed by atoms with Gasteiger partial charge < -0.3 is 18.8 Å². The molecule has 0 aliphatic carbocycles. The zero-order valence-corrected chi connectivity index (χ0v) is 14.0. The Morgan fingerprint density at radius 1 is 1.40 bits per heavy atom. The highest BCUT2D eigenvalue weighted by molar-refractivity contribution is 5.92. The number of carbonyl (C=O) groups is 1. The first-order valence-electron chi connectivity index (χ1n) is 8.56. The minimum Gasteiger partial charge on any atom is -0.451 e. The monoisotopic (exact) mass is 343 g/mol. The molecule has 2 atom stereocenters. The van der Waals surface area contributed by atoms with Gasteiger partial charge in [0.05, 0.1) is 31.5 Å². The lowest BCUT2D eigenvalue weighted by Gasteiger charge is -2.39. The lowest BCUT2D eigenvalue weighted by atomic mass is 9.89. The molecule has 0 unspecified atom stereocenters. The van der Waals surface area contributed by atoms with Crippen molar-refractivity contribution < 1.29 is 18.7 Å². The molecule has 2 aromatic heterocycles. The van der Waals surface area contributed by atoms with Crippen LogP contribution in [0.15, 0.2) is 41.6 Å². The zero-order chi connectivity index (χ0) is 17.1. The summed E-state index contributed by atoms with van der Waals surface area (Å²) in [4.78, 5) is 22.3. The Balaban J connectivity index is 1.35. The summed E-state index contributed by atoms with van der Waals surface area (Å²) in [6.45, 7) is 2.42. The standard InChI is InChI=1S/C18H21N3O4/c22-17(16-11-23-13-20-16)21-7-1-4-18(12-21)8-15(10-25-18)24-9-14-2-5-19-6-3-14/h2-3,5-6,11,13,15H,1,4,7-10,12H2/t15-,18-/m0/s1. The number of piperidine rings is 1. The summed E-state index contributed by atoms with van der Waals surface area (Å²) in [5.74, 6) is -0.0995. The molecule has 0 bridgehead atoms. The highest BCUT2D eigenvalue weighted by Crippen LogP contribution is 2.36. The molecule has 25 heavy (non-hydrogen) atoms. The van der Waals surface area contributed by atoms with Crippen molar-refractivity contribution in [3.63, 3.8) is 0 Å². The highest BCUT2D eigenvalue weighted by atomic mass is 16.6. The fourth-order valence-electron chi connectivity index (χ4n) is 3.64. The van der Waals surface area contributed by atoms with Crippen LogP contribution in [0.1, 0.15) is 35.3 Å². The molecule has 2 aliphatic heterocycles. The highest BCUT2D eigenvalue weighted by Gasteiger charge is 2.45. The number of rotatable bonds is 4. The van der Waals surface area contributed by atoms with Gasteiger partial charge in [0, 0.05) is 25.4 Å². The molecule has 7 nitrogen and oxygen atoms in total. The minimum absolute atomic E-state index is 0.0512. The van der Waals surface area contributed by atoms with E-state index in [4.69, 9.17) is 13.9 Å². The van der Waals surface area contributed by atoms with E-state index in [0.29, 0.717) is 25.5 Å². The van der Waals surface area contributed by atoms with Gasteiger partial charge in [0.2, 0.25) is 0 Å². The third-order valence-corrected chi connectivity index (χ3v) is 4.89. The Bertz CT molecular complexity index is 706. The van der Waals surface area contributed by atoms with Crippen molar-refractivity contribution in [2.45, 2.75) is 37.6 Å². The third-order valence-electron chi connectivity index (χ3n) is 4.89. The van der Waals surface area contributed by atoms with Gasteiger partial charge in [0.25, 0.3) is 5.91 Å². The van der Waals surface area contributed by atoms with E-state index < -0.39 is 0 Å². The first-order valence-corrected chi connectivity index (χ1v) is 8.56. The molecule has 0 aromatic carbocycles. The molecule has 1 spiro atoms. The number of hydrogen-bond acceptors (Lipinski definition) is 6. The van der Waals surface area contributed by atoms with E-state index in [1.54, 1.807) is 12.4 Å². The van der Waals surface area contributed by atoms with Gasteiger partial charge in [-0.2, -0.15) is 0 Å². The molecule has 4 heterocycles. The van der Waals surface area contributed by atoms with Crippen LogP contribution < -0.4 is 0 Å². The minimum atomic E-state index is -0.305. The van der Waals surface area contributed by atoms with Gasteiger partial charge in [0.15, 0.2) is 12.1 Å². The number of pyridine rings is 1. The normalized spacial score (nSPS) is 26.2. The van der Waals surface area contributed by atoms with Crippen molar-refractivity contribution in [2.75, 3.05) is 19.7 Å². The first-order chi connectivity index (χ1) is 12.2. The van der Waals surface area contributed by atoms with Crippen molar-refractivity contribution in [1.82, 2.24) is 14.9 Å². The topological polar surface area (TPSA) is 77.7 Å². The summed E-state index contributed by atoms with van der Waals surface area (Å²) < 4.78 is 17.0. The molecule has 0 saturated carbocycles. The van der Waals surface area contributed by atoms with Gasteiger partial charge in [-0.1, -0.05) is 0 Å². The molecule has 2 fully saturated rings. The summed E-state index contributed by atoms with van der Waals surface area (Å²) in [5.41, 5.74) is 1.14. The second-order valence-electron chi connectivity index (χ2n) is 6.69. The van der Waals surface area contributed by atoms with Gasteiger partial charge in [-0.25, -0.2) is 4.98 Å². The quantitative estimate of drug-likeness (QED) is 0.845. The smallest absolute Gasteiger partial charge is 0.275 e. The Kier molecular flexibility index (Phi) is 4.50. The second-order valence-corrected chi connectivity index (χ2v) is 6.69. The van der Waals surface area contributed by atoms with Crippen molar-refractivity contribution in [1.29, 1.82) is 0 Å². The van der Waals surface area contributed by atoms with E-state index in [1.807, 2.05) is 17.0 Å². The van der Waals surface area contributed by atoms with E-state index in [1.165, 1.54) is 12.7 Å². The van der Waals surface area contributed by atoms with Crippen LogP contribution >= 0.6 is 0 Å². The van der Waals surface area contributed by atoms with Crippen molar-refractivity contribution in [3.05, 3.63) is 48.4 Å². The molecule has 2 saturated heterocycles. The second kappa shape index (κ2) is 6.93. The van der Waals surface area contributed by atoms with Gasteiger partial charge in [-0.05, 0) is 30.5 Å². The maximum absolute atomic E-state index is 12.5. The van der Waals surface area contributed by atoms with E-state index >= 15 is 0 Å². The summed E-state index contributed by atoms with van der Waals surface area (Å²) in [6, 6.07) is 3.90. The van der Waals surface area contributed by atoms with Crippen LogP contribution in [-0.4, -0.2) is 52.2 Å². The van der Waals surface area contributed by atoms with Crippen molar-refractivity contribution in [3.8, 4) is 0 Å². The summed E-state index contributed by atoms with van der Waals surface area (Å²) >= 11 is 0. The predicted octanol–water partition coefficient (Wildman–Crippen LogP) is 2.05. The van der Waals surface area contributed by atoms with Crippen molar-refractivity contribution >= 4 is 5.91 Å². The number of oxazole rings is 1. The summed E-state index contributed by atoms with van der Waals surface area (Å²) in [7, 11) is 0. The van der Waals surface area contributed by atoms with Gasteiger partial charge >= 0.3 is 0 Å². The van der Waals surface area contributed by atoms with Crippen LogP contribution in [0.3, 0.4) is 0 Å². The molecule has 1 amide bonds. The van der Waals surface area contributed by atoms with E-state index in [0.717, 1.165) is 31.4 Å². The van der Waals surface area contributed by atoms with Gasteiger partial charge in [-0.15, -0.1) is 0 Å². The fourth-order valence-corrected chi connectivity index (χ4v) is 3.64. The van der Waals surface area contributed by atoms with E-state index in [-0.39, 0.29) is 17.6 Å². The Morgan fingerprint density at radius 2 is 2.28 bits per heavy atom. The van der Waals surface area contributed by atoms with Crippen LogP contribution in [0.25, 0.3) is 0 Å². The predicted molar refractivity (Wildman–Crippen MR) is 87.8 cm³/mol. The van der Waals surface area contributed by atoms with Crippen LogP contribution in [0.2, 0.25) is 0 Å². The number of nitrogens with zero attached hydrogens (tertiary/aromatic N) is 3. The van der Waals surface area contributed by atoms with E-state index in [2.05, 4.69) is 9.97 Å². The number of carbonyl (C=O) groups excluding carboxylic acids is 1. The third kappa shape index (κ3) is 3.57. The average Bonchev–Trinajstić information content (AvgIpc) is 3.31. The molecule has 0 radical (unpaired) electrons. The Hall–Kier alpha value is -2.25. The molecule has 2 aliphatic rings. The SMILES string of the molecule is O=C(c1cocn1)N1CCC[C@]2(C[C@H](OCc3ccncc3)CO2)C1. The number of aromatic nitrogens is 2. The fraction of sp³-hybridized carbons (Fsp3) is 0.500. The average molecular weight is 343 g/mol. The van der Waals surface area contributed by atoms with Gasteiger partial charge in [0.1, 0.15) is 6.26 Å². The Labute approximate surface area is 146 Å². The van der Waals surface area contributed by atoms with Crippen LogP contribution in [0.4, 0.5) is 0 Å². The number of likely N-dealkylation sites (tertiary alicyclic amines) is 1. The number of hydrogen-bond donors (Lipinski definition) is 0. The van der Waals surface area contributed by atoms with Gasteiger partial charge in [-0.3, -0.25) is 9.78 Å². The maximum atomic E-state index is 12.5. The van der Waals surface area contributed by atoms with E-state index in [9.17, 15) is 4.79 Å². The molecule has 0 N–H and O–H groups in total. The summed E-state index contributed by atoms with van der Waals surface area (Å²) in [6.07, 6.45) is 8.92. The zero-order valence-electron chi connectivity index (χ0n) is 14.0.